The Morgan fingerprint density at radius 2 is 1.88 bits per heavy atom. The van der Waals surface area contributed by atoms with Crippen LogP contribution in [0.1, 0.15) is 36.5 Å². The van der Waals surface area contributed by atoms with Crippen molar-refractivity contribution in [3.63, 3.8) is 0 Å². The van der Waals surface area contributed by atoms with Crippen LogP contribution in [0.25, 0.3) is 0 Å². The van der Waals surface area contributed by atoms with Crippen LogP contribution in [0, 0.1) is 23.7 Å². The summed E-state index contributed by atoms with van der Waals surface area (Å²) in [4.78, 5) is 12.4. The van der Waals surface area contributed by atoms with Gasteiger partial charge in [0.25, 0.3) is 16.0 Å². The van der Waals surface area contributed by atoms with E-state index >= 15 is 0 Å². The van der Waals surface area contributed by atoms with Gasteiger partial charge in [-0.2, -0.15) is 8.42 Å². The van der Waals surface area contributed by atoms with Crippen molar-refractivity contribution in [2.45, 2.75) is 32.2 Å². The zero-order valence-electron chi connectivity index (χ0n) is 13.5. The van der Waals surface area contributed by atoms with Crippen molar-refractivity contribution in [1.29, 1.82) is 0 Å². The summed E-state index contributed by atoms with van der Waals surface area (Å²) in [5.41, 5.74) is 0.591. The van der Waals surface area contributed by atoms with Crippen LogP contribution >= 0.6 is 11.6 Å². The zero-order valence-corrected chi connectivity index (χ0v) is 15.1. The van der Waals surface area contributed by atoms with E-state index in [1.54, 1.807) is 24.3 Å². The number of carbonyl (C=O) groups is 1. The van der Waals surface area contributed by atoms with E-state index in [1.165, 1.54) is 0 Å². The molecule has 1 aromatic rings. The van der Waals surface area contributed by atoms with E-state index < -0.39 is 10.1 Å². The lowest BCUT2D eigenvalue weighted by molar-refractivity contribution is 0.0927. The van der Waals surface area contributed by atoms with Crippen LogP contribution in [0.5, 0.6) is 0 Å². The van der Waals surface area contributed by atoms with Crippen LogP contribution in [-0.2, 0) is 10.1 Å². The Labute approximate surface area is 147 Å². The predicted octanol–water partition coefficient (Wildman–Crippen LogP) is 3.01. The molecule has 0 bridgehead atoms. The Hall–Kier alpha value is -1.11. The number of rotatable bonds is 6. The number of hydrogen-bond donors (Lipinski definition) is 2. The lowest BCUT2D eigenvalue weighted by Crippen LogP contribution is -2.37. The van der Waals surface area contributed by atoms with E-state index in [-0.39, 0.29) is 23.6 Å². The summed E-state index contributed by atoms with van der Waals surface area (Å²) in [6.45, 7) is 2.05. The molecule has 2 aliphatic carbocycles. The molecule has 132 valence electrons. The second kappa shape index (κ2) is 6.65. The van der Waals surface area contributed by atoms with Gasteiger partial charge in [0.2, 0.25) is 0 Å². The number of hydrogen-bond acceptors (Lipinski definition) is 3. The van der Waals surface area contributed by atoms with Gasteiger partial charge in [-0.05, 0) is 67.2 Å². The van der Waals surface area contributed by atoms with E-state index in [0.29, 0.717) is 28.3 Å². The van der Waals surface area contributed by atoms with Crippen LogP contribution in [0.3, 0.4) is 0 Å². The molecule has 0 aliphatic heterocycles. The van der Waals surface area contributed by atoms with Gasteiger partial charge in [0.1, 0.15) is 0 Å². The molecule has 24 heavy (non-hydrogen) atoms. The van der Waals surface area contributed by atoms with Crippen LogP contribution in [0.15, 0.2) is 24.3 Å². The van der Waals surface area contributed by atoms with E-state index in [9.17, 15) is 13.2 Å². The Balaban J connectivity index is 1.56. The van der Waals surface area contributed by atoms with Gasteiger partial charge in [-0.25, -0.2) is 0 Å². The highest BCUT2D eigenvalue weighted by Crippen LogP contribution is 2.61. The second-order valence-corrected chi connectivity index (χ2v) is 8.92. The lowest BCUT2D eigenvalue weighted by Gasteiger charge is -2.21. The molecular formula is C17H22ClNO4S. The molecule has 0 radical (unpaired) electrons. The van der Waals surface area contributed by atoms with Gasteiger partial charge in [-0.3, -0.25) is 9.35 Å². The third kappa shape index (κ3) is 3.92. The fraction of sp³-hybridized carbons (Fsp3) is 0.588. The zero-order chi connectivity index (χ0) is 17.5. The van der Waals surface area contributed by atoms with Crippen molar-refractivity contribution < 1.29 is 17.8 Å². The van der Waals surface area contributed by atoms with Crippen molar-refractivity contribution >= 4 is 27.6 Å². The van der Waals surface area contributed by atoms with Gasteiger partial charge in [0, 0.05) is 16.6 Å². The van der Waals surface area contributed by atoms with Crippen molar-refractivity contribution in [2.24, 2.45) is 23.7 Å². The fourth-order valence-electron chi connectivity index (χ4n) is 4.36. The topological polar surface area (TPSA) is 83.5 Å². The van der Waals surface area contributed by atoms with Gasteiger partial charge >= 0.3 is 0 Å². The summed E-state index contributed by atoms with van der Waals surface area (Å²) < 4.78 is 31.0. The first-order valence-electron chi connectivity index (χ1n) is 8.30. The predicted molar refractivity (Wildman–Crippen MR) is 92.6 cm³/mol. The first-order valence-corrected chi connectivity index (χ1v) is 10.3. The van der Waals surface area contributed by atoms with Crippen LogP contribution in [0.4, 0.5) is 0 Å². The molecule has 3 unspecified atom stereocenters. The molecule has 2 fully saturated rings. The molecule has 0 spiro atoms. The number of nitrogens with one attached hydrogen (secondary N) is 1. The summed E-state index contributed by atoms with van der Waals surface area (Å²) in [5.74, 6) is 1.16. The molecule has 1 aromatic carbocycles. The summed E-state index contributed by atoms with van der Waals surface area (Å²) >= 11 is 5.84. The maximum absolute atomic E-state index is 12.4. The van der Waals surface area contributed by atoms with Crippen molar-refractivity contribution in [3.05, 3.63) is 34.9 Å². The van der Waals surface area contributed by atoms with Crippen LogP contribution < -0.4 is 5.32 Å². The highest BCUT2D eigenvalue weighted by Gasteiger charge is 2.58. The molecule has 7 heteroatoms. The molecule has 2 saturated carbocycles. The molecule has 2 N–H and O–H groups in total. The summed E-state index contributed by atoms with van der Waals surface area (Å²) in [5, 5.41) is 3.70. The first-order chi connectivity index (χ1) is 11.3. The Bertz CT molecular complexity index is 707. The largest absolute Gasteiger partial charge is 0.349 e. The third-order valence-corrected chi connectivity index (χ3v) is 6.53. The molecule has 3 atom stereocenters. The van der Waals surface area contributed by atoms with Gasteiger partial charge in [0.15, 0.2) is 0 Å². The summed E-state index contributed by atoms with van der Waals surface area (Å²) in [7, 11) is -3.89. The summed E-state index contributed by atoms with van der Waals surface area (Å²) in [6, 6.07) is 6.92. The number of fused-ring (bicyclic) bond motifs is 1. The average Bonchev–Trinajstić information content (AvgIpc) is 2.98. The molecule has 0 aromatic heterocycles. The number of amides is 1. The smallest absolute Gasteiger partial charge is 0.265 e. The SMILES string of the molecule is CCC(NC(=O)c1ccc(Cl)cc1)C1C2CC(CS(=O)(=O)O)CC21. The van der Waals surface area contributed by atoms with Crippen LogP contribution in [-0.4, -0.2) is 30.7 Å². The molecular weight excluding hydrogens is 350 g/mol. The monoisotopic (exact) mass is 371 g/mol. The fourth-order valence-corrected chi connectivity index (χ4v) is 5.35. The van der Waals surface area contributed by atoms with E-state index in [0.717, 1.165) is 19.3 Å². The standard InChI is InChI=1S/C17H22ClNO4S/c1-2-15(19-17(20)11-3-5-12(18)6-4-11)16-13-7-10(8-14(13)16)9-24(21,22)23/h3-6,10,13-16H,2,7-9H2,1H3,(H,19,20)(H,21,22,23). The molecule has 1 amide bonds. The van der Waals surface area contributed by atoms with Crippen molar-refractivity contribution in [1.82, 2.24) is 5.32 Å². The normalized spacial score (nSPS) is 29.8. The van der Waals surface area contributed by atoms with Gasteiger partial charge < -0.3 is 5.32 Å². The summed E-state index contributed by atoms with van der Waals surface area (Å²) in [6.07, 6.45) is 2.49. The van der Waals surface area contributed by atoms with Crippen molar-refractivity contribution in [3.8, 4) is 0 Å². The number of halogens is 1. The number of benzene rings is 1. The highest BCUT2D eigenvalue weighted by atomic mass is 35.5. The van der Waals surface area contributed by atoms with Crippen LogP contribution in [0.2, 0.25) is 5.02 Å². The average molecular weight is 372 g/mol. The minimum absolute atomic E-state index is 0.0516. The van der Waals surface area contributed by atoms with E-state index in [4.69, 9.17) is 16.2 Å². The maximum Gasteiger partial charge on any atom is 0.265 e. The van der Waals surface area contributed by atoms with E-state index in [1.807, 2.05) is 0 Å². The lowest BCUT2D eigenvalue weighted by atomic mass is 9.96. The quantitative estimate of drug-likeness (QED) is 0.753. The van der Waals surface area contributed by atoms with Gasteiger partial charge in [-0.1, -0.05) is 18.5 Å². The minimum atomic E-state index is -3.89. The molecule has 0 saturated heterocycles. The Morgan fingerprint density at radius 1 is 1.29 bits per heavy atom. The molecule has 0 heterocycles. The maximum atomic E-state index is 12.4. The first kappa shape index (κ1) is 17.7. The van der Waals surface area contributed by atoms with E-state index in [2.05, 4.69) is 12.2 Å². The van der Waals surface area contributed by atoms with Crippen molar-refractivity contribution in [2.75, 3.05) is 5.75 Å². The number of carbonyl (C=O) groups excluding carboxylic acids is 1. The molecule has 2 aliphatic rings. The molecule has 3 rings (SSSR count). The third-order valence-electron chi connectivity index (χ3n) is 5.38. The minimum Gasteiger partial charge on any atom is -0.349 e. The van der Waals surface area contributed by atoms with Gasteiger partial charge in [-0.15, -0.1) is 0 Å². The van der Waals surface area contributed by atoms with Gasteiger partial charge in [0.05, 0.1) is 5.75 Å². The Morgan fingerprint density at radius 3 is 2.38 bits per heavy atom. The molecule has 5 nitrogen and oxygen atoms in total. The Kier molecular flexibility index (Phi) is 4.91. The highest BCUT2D eigenvalue weighted by molar-refractivity contribution is 7.85. The second-order valence-electron chi connectivity index (χ2n) is 6.99.